The molecule has 0 aromatic heterocycles. The van der Waals surface area contributed by atoms with E-state index in [1.807, 2.05) is 27.7 Å². The number of ether oxygens (including phenoxy) is 1. The maximum atomic E-state index is 11.4. The Bertz CT molecular complexity index is 232. The van der Waals surface area contributed by atoms with Crippen LogP contribution in [0, 0.1) is 0 Å². The molecule has 4 nitrogen and oxygen atoms in total. The number of rotatable bonds is 4. The van der Waals surface area contributed by atoms with E-state index in [1.165, 1.54) is 6.42 Å². The van der Waals surface area contributed by atoms with Gasteiger partial charge in [-0.3, -0.25) is 0 Å². The van der Waals surface area contributed by atoms with Crippen LogP contribution in [0.3, 0.4) is 0 Å². The molecule has 0 bridgehead atoms. The Morgan fingerprint density at radius 3 is 2.62 bits per heavy atom. The highest BCUT2D eigenvalue weighted by molar-refractivity contribution is 5.67. The predicted octanol–water partition coefficient (Wildman–Crippen LogP) is 2.04. The van der Waals surface area contributed by atoms with Crippen molar-refractivity contribution >= 4 is 6.09 Å². The molecule has 4 heteroatoms. The fraction of sp³-hybridized carbons (Fsp3) is 0.917. The fourth-order valence-corrected chi connectivity index (χ4v) is 1.63. The van der Waals surface area contributed by atoms with E-state index < -0.39 is 5.60 Å². The lowest BCUT2D eigenvalue weighted by Gasteiger charge is -2.29. The van der Waals surface area contributed by atoms with Crippen LogP contribution < -0.4 is 10.6 Å². The Labute approximate surface area is 98.1 Å². The first-order valence-corrected chi connectivity index (χ1v) is 6.10. The molecule has 0 radical (unpaired) electrons. The van der Waals surface area contributed by atoms with Crippen LogP contribution in [0.4, 0.5) is 4.79 Å². The van der Waals surface area contributed by atoms with E-state index in [1.54, 1.807) is 0 Å². The fourth-order valence-electron chi connectivity index (χ4n) is 1.63. The molecular weight excluding hydrogens is 204 g/mol. The average Bonchev–Trinajstić information content (AvgIpc) is 1.96. The summed E-state index contributed by atoms with van der Waals surface area (Å²) in [5, 5.41) is 6.20. The van der Waals surface area contributed by atoms with Gasteiger partial charge >= 0.3 is 6.09 Å². The van der Waals surface area contributed by atoms with Crippen LogP contribution in [0.15, 0.2) is 0 Å². The van der Waals surface area contributed by atoms with Crippen molar-refractivity contribution < 1.29 is 9.53 Å². The molecule has 2 atom stereocenters. The van der Waals surface area contributed by atoms with Gasteiger partial charge in [-0.15, -0.1) is 0 Å². The number of alkyl carbamates (subject to hydrolysis) is 1. The van der Waals surface area contributed by atoms with E-state index in [4.69, 9.17) is 4.74 Å². The first-order chi connectivity index (χ1) is 7.37. The Kier molecular flexibility index (Phi) is 4.59. The molecule has 2 N–H and O–H groups in total. The van der Waals surface area contributed by atoms with E-state index >= 15 is 0 Å². The highest BCUT2D eigenvalue weighted by atomic mass is 16.6. The molecule has 0 aromatic rings. The zero-order chi connectivity index (χ0) is 12.2. The summed E-state index contributed by atoms with van der Waals surface area (Å²) in [4.78, 5) is 11.4. The molecule has 1 amide bonds. The lowest BCUT2D eigenvalue weighted by Crippen LogP contribution is -2.44. The molecule has 1 heterocycles. The third-order valence-corrected chi connectivity index (χ3v) is 2.64. The van der Waals surface area contributed by atoms with Gasteiger partial charge in [-0.05, 0) is 53.5 Å². The monoisotopic (exact) mass is 228 g/mol. The highest BCUT2D eigenvalue weighted by Crippen LogP contribution is 2.11. The second-order valence-electron chi connectivity index (χ2n) is 5.56. The van der Waals surface area contributed by atoms with Gasteiger partial charge in [0.05, 0.1) is 0 Å². The maximum absolute atomic E-state index is 11.4. The number of carbonyl (C=O) groups excluding carboxylic acids is 1. The molecular formula is C12H24N2O2. The lowest BCUT2D eigenvalue weighted by molar-refractivity contribution is 0.0504. The SMILES string of the molecule is CC(CCC1CCN1)NC(=O)OC(C)(C)C. The summed E-state index contributed by atoms with van der Waals surface area (Å²) in [6, 6.07) is 0.833. The summed E-state index contributed by atoms with van der Waals surface area (Å²) >= 11 is 0. The van der Waals surface area contributed by atoms with Crippen LogP contribution in [0.5, 0.6) is 0 Å². The van der Waals surface area contributed by atoms with E-state index in [9.17, 15) is 4.79 Å². The van der Waals surface area contributed by atoms with Crippen LogP contribution in [0.2, 0.25) is 0 Å². The summed E-state index contributed by atoms with van der Waals surface area (Å²) in [6.07, 6.45) is 3.06. The number of hydrogen-bond acceptors (Lipinski definition) is 3. The third kappa shape index (κ3) is 5.35. The average molecular weight is 228 g/mol. The van der Waals surface area contributed by atoms with E-state index in [-0.39, 0.29) is 12.1 Å². The first kappa shape index (κ1) is 13.3. The Hall–Kier alpha value is -0.770. The second-order valence-corrected chi connectivity index (χ2v) is 5.56. The molecule has 2 unspecified atom stereocenters. The van der Waals surface area contributed by atoms with Crippen molar-refractivity contribution in [3.05, 3.63) is 0 Å². The Balaban J connectivity index is 2.12. The summed E-state index contributed by atoms with van der Waals surface area (Å²) in [5.74, 6) is 0. The predicted molar refractivity (Wildman–Crippen MR) is 64.5 cm³/mol. The van der Waals surface area contributed by atoms with Crippen molar-refractivity contribution in [3.8, 4) is 0 Å². The largest absolute Gasteiger partial charge is 0.444 e. The molecule has 1 fully saturated rings. The molecule has 0 spiro atoms. The van der Waals surface area contributed by atoms with Crippen LogP contribution in [0.1, 0.15) is 47.0 Å². The summed E-state index contributed by atoms with van der Waals surface area (Å²) in [6.45, 7) is 8.77. The topological polar surface area (TPSA) is 50.4 Å². The smallest absolute Gasteiger partial charge is 0.407 e. The van der Waals surface area contributed by atoms with E-state index in [0.29, 0.717) is 6.04 Å². The molecule has 1 aliphatic heterocycles. The minimum atomic E-state index is -0.417. The third-order valence-electron chi connectivity index (χ3n) is 2.64. The minimum Gasteiger partial charge on any atom is -0.444 e. The van der Waals surface area contributed by atoms with E-state index in [2.05, 4.69) is 10.6 Å². The Morgan fingerprint density at radius 2 is 2.19 bits per heavy atom. The van der Waals surface area contributed by atoms with Crippen molar-refractivity contribution in [3.63, 3.8) is 0 Å². The maximum Gasteiger partial charge on any atom is 0.407 e. The van der Waals surface area contributed by atoms with Crippen molar-refractivity contribution in [2.45, 2.75) is 64.6 Å². The molecule has 1 rings (SSSR count). The summed E-state index contributed by atoms with van der Waals surface area (Å²) in [5.41, 5.74) is -0.417. The zero-order valence-corrected chi connectivity index (χ0v) is 10.8. The normalized spacial score (nSPS) is 22.1. The van der Waals surface area contributed by atoms with Crippen molar-refractivity contribution in [1.82, 2.24) is 10.6 Å². The van der Waals surface area contributed by atoms with Gasteiger partial charge in [-0.2, -0.15) is 0 Å². The van der Waals surface area contributed by atoms with Gasteiger partial charge in [0.15, 0.2) is 0 Å². The molecule has 94 valence electrons. The molecule has 1 aliphatic rings. The molecule has 1 saturated heterocycles. The van der Waals surface area contributed by atoms with Gasteiger partial charge in [0.2, 0.25) is 0 Å². The van der Waals surface area contributed by atoms with Crippen LogP contribution >= 0.6 is 0 Å². The molecule has 0 saturated carbocycles. The van der Waals surface area contributed by atoms with Crippen LogP contribution in [0.25, 0.3) is 0 Å². The number of nitrogens with one attached hydrogen (secondary N) is 2. The number of amides is 1. The van der Waals surface area contributed by atoms with E-state index in [0.717, 1.165) is 19.4 Å². The summed E-state index contributed by atoms with van der Waals surface area (Å²) < 4.78 is 5.19. The van der Waals surface area contributed by atoms with Crippen molar-refractivity contribution in [2.75, 3.05) is 6.54 Å². The van der Waals surface area contributed by atoms with Gasteiger partial charge < -0.3 is 15.4 Å². The van der Waals surface area contributed by atoms with Gasteiger partial charge in [0.25, 0.3) is 0 Å². The lowest BCUT2D eigenvalue weighted by atomic mass is 9.99. The molecule has 16 heavy (non-hydrogen) atoms. The van der Waals surface area contributed by atoms with Crippen LogP contribution in [-0.4, -0.2) is 30.3 Å². The zero-order valence-electron chi connectivity index (χ0n) is 10.8. The molecule has 0 aromatic carbocycles. The highest BCUT2D eigenvalue weighted by Gasteiger charge is 2.20. The Morgan fingerprint density at radius 1 is 1.56 bits per heavy atom. The van der Waals surface area contributed by atoms with Gasteiger partial charge in [-0.1, -0.05) is 0 Å². The molecule has 0 aliphatic carbocycles. The van der Waals surface area contributed by atoms with Crippen LogP contribution in [-0.2, 0) is 4.74 Å². The van der Waals surface area contributed by atoms with Gasteiger partial charge in [0, 0.05) is 12.1 Å². The first-order valence-electron chi connectivity index (χ1n) is 6.10. The van der Waals surface area contributed by atoms with Crippen molar-refractivity contribution in [2.24, 2.45) is 0 Å². The number of hydrogen-bond donors (Lipinski definition) is 2. The standard InChI is InChI=1S/C12H24N2O2/c1-9(5-6-10-7-8-13-10)14-11(15)16-12(2,3)4/h9-10,13H,5-8H2,1-4H3,(H,14,15). The second kappa shape index (κ2) is 5.53. The number of carbonyl (C=O) groups is 1. The summed E-state index contributed by atoms with van der Waals surface area (Å²) in [7, 11) is 0. The van der Waals surface area contributed by atoms with Gasteiger partial charge in [-0.25, -0.2) is 4.79 Å². The van der Waals surface area contributed by atoms with Gasteiger partial charge in [0.1, 0.15) is 5.60 Å². The minimum absolute atomic E-state index is 0.178. The quantitative estimate of drug-likeness (QED) is 0.774. The van der Waals surface area contributed by atoms with Crippen molar-refractivity contribution in [1.29, 1.82) is 0 Å².